The number of amides is 1. The molecule has 0 spiro atoms. The van der Waals surface area contributed by atoms with E-state index in [0.29, 0.717) is 12.1 Å². The quantitative estimate of drug-likeness (QED) is 0.787. The van der Waals surface area contributed by atoms with Gasteiger partial charge in [-0.3, -0.25) is 9.69 Å². The SMILES string of the molecule is CC(C)NC1(C(N)=O)CCC(N(C)C2CCCN(C)C2)C1. The lowest BCUT2D eigenvalue weighted by atomic mass is 9.94. The molecule has 122 valence electrons. The van der Waals surface area contributed by atoms with Crippen molar-refractivity contribution in [2.24, 2.45) is 5.73 Å². The Hall–Kier alpha value is -0.650. The molecule has 1 saturated carbocycles. The molecule has 1 amide bonds. The summed E-state index contributed by atoms with van der Waals surface area (Å²) in [5.41, 5.74) is 5.21. The zero-order valence-electron chi connectivity index (χ0n) is 14.1. The molecule has 3 unspecified atom stereocenters. The Bertz CT molecular complexity index is 373. The Morgan fingerprint density at radius 1 is 1.38 bits per heavy atom. The maximum Gasteiger partial charge on any atom is 0.237 e. The van der Waals surface area contributed by atoms with Crippen LogP contribution in [0, 0.1) is 0 Å². The number of piperidine rings is 1. The molecule has 5 nitrogen and oxygen atoms in total. The fourth-order valence-corrected chi connectivity index (χ4v) is 4.12. The summed E-state index contributed by atoms with van der Waals surface area (Å²) in [6, 6.07) is 1.35. The first-order chi connectivity index (χ1) is 9.84. The highest BCUT2D eigenvalue weighted by Gasteiger charge is 2.46. The average Bonchev–Trinajstić information content (AvgIpc) is 2.82. The number of primary amides is 1. The average molecular weight is 296 g/mol. The van der Waals surface area contributed by atoms with Gasteiger partial charge in [-0.1, -0.05) is 0 Å². The molecule has 0 radical (unpaired) electrons. The zero-order chi connectivity index (χ0) is 15.6. The van der Waals surface area contributed by atoms with Gasteiger partial charge in [-0.2, -0.15) is 0 Å². The predicted molar refractivity (Wildman–Crippen MR) is 86.1 cm³/mol. The summed E-state index contributed by atoms with van der Waals surface area (Å²) in [6.07, 6.45) is 5.29. The highest BCUT2D eigenvalue weighted by Crippen LogP contribution is 2.34. The van der Waals surface area contributed by atoms with Crippen LogP contribution in [-0.2, 0) is 4.79 Å². The van der Waals surface area contributed by atoms with Gasteiger partial charge < -0.3 is 16.0 Å². The van der Waals surface area contributed by atoms with Crippen LogP contribution in [0.3, 0.4) is 0 Å². The number of likely N-dealkylation sites (N-methyl/N-ethyl adjacent to an activating group) is 2. The van der Waals surface area contributed by atoms with Crippen LogP contribution in [0.1, 0.15) is 46.0 Å². The van der Waals surface area contributed by atoms with Crippen LogP contribution in [0.4, 0.5) is 0 Å². The van der Waals surface area contributed by atoms with E-state index in [1.54, 1.807) is 0 Å². The Kier molecular flexibility index (Phi) is 5.28. The maximum absolute atomic E-state index is 12.0. The number of carbonyl (C=O) groups is 1. The Balaban J connectivity index is 2.01. The van der Waals surface area contributed by atoms with E-state index < -0.39 is 5.54 Å². The number of nitrogens with two attached hydrogens (primary N) is 1. The first-order valence-electron chi connectivity index (χ1n) is 8.32. The van der Waals surface area contributed by atoms with Crippen molar-refractivity contribution >= 4 is 5.91 Å². The van der Waals surface area contributed by atoms with E-state index in [-0.39, 0.29) is 11.9 Å². The first-order valence-corrected chi connectivity index (χ1v) is 8.32. The molecule has 2 aliphatic rings. The maximum atomic E-state index is 12.0. The van der Waals surface area contributed by atoms with E-state index in [9.17, 15) is 4.79 Å². The number of hydrogen-bond donors (Lipinski definition) is 2. The molecule has 1 saturated heterocycles. The molecule has 1 aliphatic heterocycles. The number of likely N-dealkylation sites (tertiary alicyclic amines) is 1. The smallest absolute Gasteiger partial charge is 0.237 e. The fourth-order valence-electron chi connectivity index (χ4n) is 4.12. The van der Waals surface area contributed by atoms with Gasteiger partial charge in [0.15, 0.2) is 0 Å². The molecule has 2 fully saturated rings. The van der Waals surface area contributed by atoms with Crippen molar-refractivity contribution < 1.29 is 4.79 Å². The zero-order valence-corrected chi connectivity index (χ0v) is 14.1. The number of rotatable bonds is 5. The molecule has 1 heterocycles. The van der Waals surface area contributed by atoms with Crippen molar-refractivity contribution in [2.45, 2.75) is 69.6 Å². The van der Waals surface area contributed by atoms with Crippen molar-refractivity contribution in [1.29, 1.82) is 0 Å². The van der Waals surface area contributed by atoms with Crippen molar-refractivity contribution in [2.75, 3.05) is 27.2 Å². The molecule has 3 atom stereocenters. The summed E-state index contributed by atoms with van der Waals surface area (Å²) in [4.78, 5) is 16.9. The lowest BCUT2D eigenvalue weighted by Gasteiger charge is -2.39. The number of nitrogens with one attached hydrogen (secondary N) is 1. The standard InChI is InChI=1S/C16H32N4O/c1-12(2)18-16(15(17)21)8-7-13(10-16)20(4)14-6-5-9-19(3)11-14/h12-14,18H,5-11H2,1-4H3,(H2,17,21). The summed E-state index contributed by atoms with van der Waals surface area (Å²) < 4.78 is 0. The molecule has 0 aromatic rings. The Morgan fingerprint density at radius 2 is 2.10 bits per heavy atom. The van der Waals surface area contributed by atoms with Crippen LogP contribution in [0.15, 0.2) is 0 Å². The van der Waals surface area contributed by atoms with E-state index in [0.717, 1.165) is 25.8 Å². The normalized spacial score (nSPS) is 34.8. The summed E-state index contributed by atoms with van der Waals surface area (Å²) in [7, 11) is 4.42. The van der Waals surface area contributed by atoms with Gasteiger partial charge in [-0.05, 0) is 66.6 Å². The molecule has 0 bridgehead atoms. The monoisotopic (exact) mass is 296 g/mol. The highest BCUT2D eigenvalue weighted by atomic mass is 16.1. The van der Waals surface area contributed by atoms with E-state index in [1.807, 2.05) is 0 Å². The van der Waals surface area contributed by atoms with Gasteiger partial charge in [0.05, 0.1) is 5.54 Å². The van der Waals surface area contributed by atoms with Crippen LogP contribution >= 0.6 is 0 Å². The minimum atomic E-state index is -0.506. The topological polar surface area (TPSA) is 61.6 Å². The lowest BCUT2D eigenvalue weighted by molar-refractivity contribution is -0.124. The summed E-state index contributed by atoms with van der Waals surface area (Å²) in [6.45, 7) is 6.50. The Labute approximate surface area is 129 Å². The van der Waals surface area contributed by atoms with Gasteiger partial charge in [0.1, 0.15) is 0 Å². The van der Waals surface area contributed by atoms with Crippen LogP contribution in [0.25, 0.3) is 0 Å². The number of hydrogen-bond acceptors (Lipinski definition) is 4. The van der Waals surface area contributed by atoms with Gasteiger partial charge in [0.25, 0.3) is 0 Å². The van der Waals surface area contributed by atoms with Gasteiger partial charge in [0.2, 0.25) is 5.91 Å². The van der Waals surface area contributed by atoms with E-state index in [4.69, 9.17) is 5.73 Å². The second-order valence-corrected chi connectivity index (χ2v) is 7.37. The molecule has 0 aromatic heterocycles. The molecular weight excluding hydrogens is 264 g/mol. The number of nitrogens with zero attached hydrogens (tertiary/aromatic N) is 2. The molecule has 5 heteroatoms. The predicted octanol–water partition coefficient (Wildman–Crippen LogP) is 0.787. The second-order valence-electron chi connectivity index (χ2n) is 7.37. The fraction of sp³-hybridized carbons (Fsp3) is 0.938. The van der Waals surface area contributed by atoms with Gasteiger partial charge in [0, 0.05) is 24.7 Å². The van der Waals surface area contributed by atoms with Gasteiger partial charge in [-0.15, -0.1) is 0 Å². The molecule has 3 N–H and O–H groups in total. The third-order valence-corrected chi connectivity index (χ3v) is 5.28. The van der Waals surface area contributed by atoms with Crippen molar-refractivity contribution in [3.05, 3.63) is 0 Å². The number of carbonyl (C=O) groups excluding carboxylic acids is 1. The van der Waals surface area contributed by atoms with E-state index >= 15 is 0 Å². The molecular formula is C16H32N4O. The highest BCUT2D eigenvalue weighted by molar-refractivity contribution is 5.85. The van der Waals surface area contributed by atoms with Gasteiger partial charge in [-0.25, -0.2) is 0 Å². The van der Waals surface area contributed by atoms with Crippen molar-refractivity contribution in [3.63, 3.8) is 0 Å². The van der Waals surface area contributed by atoms with Crippen molar-refractivity contribution in [1.82, 2.24) is 15.1 Å². The summed E-state index contributed by atoms with van der Waals surface area (Å²) >= 11 is 0. The minimum absolute atomic E-state index is 0.187. The van der Waals surface area contributed by atoms with Gasteiger partial charge >= 0.3 is 0 Å². The largest absolute Gasteiger partial charge is 0.368 e. The molecule has 21 heavy (non-hydrogen) atoms. The van der Waals surface area contributed by atoms with Crippen molar-refractivity contribution in [3.8, 4) is 0 Å². The van der Waals surface area contributed by atoms with Crippen LogP contribution < -0.4 is 11.1 Å². The molecule has 2 rings (SSSR count). The molecule has 0 aromatic carbocycles. The third kappa shape index (κ3) is 3.76. The van der Waals surface area contributed by atoms with Crippen LogP contribution in [-0.4, -0.2) is 66.6 Å². The summed E-state index contributed by atoms with van der Waals surface area (Å²) in [5.74, 6) is -0.187. The lowest BCUT2D eigenvalue weighted by Crippen LogP contribution is -2.57. The third-order valence-electron chi connectivity index (χ3n) is 5.28. The van der Waals surface area contributed by atoms with E-state index in [2.05, 4.69) is 43.1 Å². The second kappa shape index (κ2) is 6.63. The van der Waals surface area contributed by atoms with Crippen LogP contribution in [0.2, 0.25) is 0 Å². The first kappa shape index (κ1) is 16.7. The van der Waals surface area contributed by atoms with E-state index in [1.165, 1.54) is 19.4 Å². The Morgan fingerprint density at radius 3 is 2.67 bits per heavy atom. The minimum Gasteiger partial charge on any atom is -0.368 e. The molecule has 1 aliphatic carbocycles. The summed E-state index contributed by atoms with van der Waals surface area (Å²) in [5, 5.41) is 3.44. The van der Waals surface area contributed by atoms with Crippen LogP contribution in [0.5, 0.6) is 0 Å².